The molecule has 0 aliphatic carbocycles. The van der Waals surface area contributed by atoms with E-state index in [0.717, 1.165) is 23.3 Å². The summed E-state index contributed by atoms with van der Waals surface area (Å²) in [5.41, 5.74) is 1.55. The van der Waals surface area contributed by atoms with E-state index in [2.05, 4.69) is 5.32 Å². The highest BCUT2D eigenvalue weighted by molar-refractivity contribution is 7.90. The lowest BCUT2D eigenvalue weighted by Gasteiger charge is -2.16. The van der Waals surface area contributed by atoms with Crippen LogP contribution in [0.5, 0.6) is 11.5 Å². The molecule has 0 heterocycles. The number of benzene rings is 3. The van der Waals surface area contributed by atoms with E-state index in [9.17, 15) is 21.6 Å². The Balaban J connectivity index is 1.62. The lowest BCUT2D eigenvalue weighted by molar-refractivity contribution is -0.137. The normalized spacial score (nSPS) is 12.9. The maximum Gasteiger partial charge on any atom is 0.416 e. The summed E-state index contributed by atoms with van der Waals surface area (Å²) in [4.78, 5) is 0.272. The maximum atomic E-state index is 12.9. The highest BCUT2D eigenvalue weighted by Crippen LogP contribution is 2.31. The van der Waals surface area contributed by atoms with Gasteiger partial charge in [0, 0.05) is 18.8 Å². The molecule has 1 N–H and O–H groups in total. The Morgan fingerprint density at radius 3 is 2.26 bits per heavy atom. The molecule has 0 spiro atoms. The second kappa shape index (κ2) is 10.5. The summed E-state index contributed by atoms with van der Waals surface area (Å²) >= 11 is 0. The lowest BCUT2D eigenvalue weighted by atomic mass is 10.1. The smallest absolute Gasteiger partial charge is 0.416 e. The number of rotatable bonds is 9. The van der Waals surface area contributed by atoms with Gasteiger partial charge in [-0.05, 0) is 60.0 Å². The minimum Gasteiger partial charge on any atom is -0.493 e. The van der Waals surface area contributed by atoms with Crippen molar-refractivity contribution in [1.82, 2.24) is 5.32 Å². The van der Waals surface area contributed by atoms with Gasteiger partial charge in [-0.1, -0.05) is 30.3 Å². The van der Waals surface area contributed by atoms with Gasteiger partial charge in [-0.15, -0.1) is 0 Å². The highest BCUT2D eigenvalue weighted by Gasteiger charge is 2.30. The molecule has 1 atom stereocenters. The molecule has 9 heteroatoms. The first-order valence-electron chi connectivity index (χ1n) is 10.5. The van der Waals surface area contributed by atoms with Crippen molar-refractivity contribution in [1.29, 1.82) is 0 Å². The average Bonchev–Trinajstić information content (AvgIpc) is 2.80. The zero-order valence-electron chi connectivity index (χ0n) is 19.0. The number of alkyl halides is 3. The van der Waals surface area contributed by atoms with Crippen LogP contribution in [0.2, 0.25) is 0 Å². The number of halogens is 3. The molecule has 3 aromatic carbocycles. The minimum atomic E-state index is -4.41. The molecule has 5 nitrogen and oxygen atoms in total. The van der Waals surface area contributed by atoms with Crippen LogP contribution < -0.4 is 14.8 Å². The van der Waals surface area contributed by atoms with Crippen molar-refractivity contribution in [3.05, 3.63) is 89.0 Å². The van der Waals surface area contributed by atoms with Crippen LogP contribution in [0.15, 0.2) is 71.6 Å². The molecule has 0 fully saturated rings. The molecule has 182 valence electrons. The fourth-order valence-corrected chi connectivity index (χ4v) is 3.96. The monoisotopic (exact) mass is 493 g/mol. The summed E-state index contributed by atoms with van der Waals surface area (Å²) in [5, 5.41) is 3.37. The van der Waals surface area contributed by atoms with E-state index in [4.69, 9.17) is 9.47 Å². The minimum absolute atomic E-state index is 0.0294. The van der Waals surface area contributed by atoms with Gasteiger partial charge in [0.15, 0.2) is 21.3 Å². The van der Waals surface area contributed by atoms with Gasteiger partial charge in [-0.3, -0.25) is 0 Å². The third kappa shape index (κ3) is 6.74. The summed E-state index contributed by atoms with van der Waals surface area (Å²) in [6, 6.07) is 17.1. The number of methoxy groups -OCH3 is 1. The standard InChI is InChI=1S/C25H26F3NO4S/c1-17(20-8-10-22(11-9-20)34(3,30)31)29-15-18-7-12-23(24(14-18)32-2)33-16-19-5-4-6-21(13-19)25(26,27)28/h4-14,17,29H,15-16H2,1-3H3. The predicted molar refractivity (Wildman–Crippen MR) is 124 cm³/mol. The number of sulfone groups is 1. The van der Waals surface area contributed by atoms with Crippen molar-refractivity contribution in [2.24, 2.45) is 0 Å². The van der Waals surface area contributed by atoms with E-state index in [0.29, 0.717) is 23.6 Å². The van der Waals surface area contributed by atoms with Gasteiger partial charge in [0.2, 0.25) is 0 Å². The molecule has 0 radical (unpaired) electrons. The van der Waals surface area contributed by atoms with Crippen LogP contribution in [0.4, 0.5) is 13.2 Å². The first-order chi connectivity index (χ1) is 16.0. The molecule has 0 aromatic heterocycles. The van der Waals surface area contributed by atoms with Gasteiger partial charge >= 0.3 is 6.18 Å². The Morgan fingerprint density at radius 1 is 0.941 bits per heavy atom. The van der Waals surface area contributed by atoms with Gasteiger partial charge in [0.05, 0.1) is 17.6 Å². The van der Waals surface area contributed by atoms with Crippen molar-refractivity contribution >= 4 is 9.84 Å². The average molecular weight is 494 g/mol. The van der Waals surface area contributed by atoms with Gasteiger partial charge < -0.3 is 14.8 Å². The summed E-state index contributed by atoms with van der Waals surface area (Å²) in [7, 11) is -1.74. The van der Waals surface area contributed by atoms with E-state index in [1.165, 1.54) is 19.4 Å². The second-order valence-corrected chi connectivity index (χ2v) is 9.93. The van der Waals surface area contributed by atoms with Crippen LogP contribution in [0.1, 0.15) is 35.2 Å². The fourth-order valence-electron chi connectivity index (χ4n) is 3.33. The number of hydrogen-bond donors (Lipinski definition) is 1. The molecule has 0 amide bonds. The van der Waals surface area contributed by atoms with Crippen LogP contribution in [-0.4, -0.2) is 21.8 Å². The van der Waals surface area contributed by atoms with Crippen LogP contribution in [0.3, 0.4) is 0 Å². The summed E-state index contributed by atoms with van der Waals surface area (Å²) in [6.07, 6.45) is -3.24. The van der Waals surface area contributed by atoms with E-state index in [1.807, 2.05) is 13.0 Å². The lowest BCUT2D eigenvalue weighted by Crippen LogP contribution is -2.18. The molecular weight excluding hydrogens is 467 g/mol. The topological polar surface area (TPSA) is 64.6 Å². The number of nitrogens with one attached hydrogen (secondary N) is 1. The van der Waals surface area contributed by atoms with Crippen molar-refractivity contribution in [3.8, 4) is 11.5 Å². The Morgan fingerprint density at radius 2 is 1.65 bits per heavy atom. The van der Waals surface area contributed by atoms with Crippen LogP contribution in [0.25, 0.3) is 0 Å². The van der Waals surface area contributed by atoms with Gasteiger partial charge in [-0.2, -0.15) is 13.2 Å². The summed E-state index contributed by atoms with van der Waals surface area (Å²) in [5.74, 6) is 0.893. The molecule has 1 unspecified atom stereocenters. The molecule has 0 aliphatic rings. The zero-order chi connectivity index (χ0) is 24.9. The molecule has 0 aliphatic heterocycles. The fraction of sp³-hybridized carbons (Fsp3) is 0.280. The van der Waals surface area contributed by atoms with Crippen LogP contribution in [0, 0.1) is 0 Å². The van der Waals surface area contributed by atoms with E-state index >= 15 is 0 Å². The van der Waals surface area contributed by atoms with E-state index < -0.39 is 21.6 Å². The van der Waals surface area contributed by atoms with Crippen molar-refractivity contribution in [2.75, 3.05) is 13.4 Å². The van der Waals surface area contributed by atoms with Gasteiger partial charge in [-0.25, -0.2) is 8.42 Å². The zero-order valence-corrected chi connectivity index (χ0v) is 19.8. The molecule has 0 saturated heterocycles. The van der Waals surface area contributed by atoms with Crippen LogP contribution >= 0.6 is 0 Å². The molecule has 3 rings (SSSR count). The van der Waals surface area contributed by atoms with Crippen molar-refractivity contribution in [3.63, 3.8) is 0 Å². The Bertz CT molecular complexity index is 1230. The molecular formula is C25H26F3NO4S. The number of hydrogen-bond acceptors (Lipinski definition) is 5. The molecule has 0 saturated carbocycles. The Hall–Kier alpha value is -3.04. The molecule has 0 bridgehead atoms. The third-order valence-electron chi connectivity index (χ3n) is 5.30. The second-order valence-electron chi connectivity index (χ2n) is 7.92. The summed E-state index contributed by atoms with van der Waals surface area (Å²) in [6.45, 7) is 2.46. The Kier molecular flexibility index (Phi) is 7.89. The van der Waals surface area contributed by atoms with Crippen LogP contribution in [-0.2, 0) is 29.2 Å². The predicted octanol–water partition coefficient (Wildman–Crippen LogP) is 5.55. The first kappa shape index (κ1) is 25.6. The Labute approximate surface area is 197 Å². The quantitative estimate of drug-likeness (QED) is 0.424. The number of ether oxygens (including phenoxy) is 2. The van der Waals surface area contributed by atoms with Crippen molar-refractivity contribution < 1.29 is 31.1 Å². The SMILES string of the molecule is COc1cc(CNC(C)c2ccc(S(C)(=O)=O)cc2)ccc1OCc1cccc(C(F)(F)F)c1. The van der Waals surface area contributed by atoms with Gasteiger partial charge in [0.1, 0.15) is 6.61 Å². The van der Waals surface area contributed by atoms with Gasteiger partial charge in [0.25, 0.3) is 0 Å². The third-order valence-corrected chi connectivity index (χ3v) is 6.43. The summed E-state index contributed by atoms with van der Waals surface area (Å²) < 4.78 is 73.0. The van der Waals surface area contributed by atoms with Crippen molar-refractivity contribution in [2.45, 2.75) is 37.2 Å². The van der Waals surface area contributed by atoms with E-state index in [1.54, 1.807) is 42.5 Å². The van der Waals surface area contributed by atoms with E-state index in [-0.39, 0.29) is 17.5 Å². The maximum absolute atomic E-state index is 12.9. The first-order valence-corrected chi connectivity index (χ1v) is 12.4. The molecule has 34 heavy (non-hydrogen) atoms. The highest BCUT2D eigenvalue weighted by atomic mass is 32.2. The largest absolute Gasteiger partial charge is 0.493 e. The molecule has 3 aromatic rings.